The molecule has 6 nitrogen and oxygen atoms in total. The van der Waals surface area contributed by atoms with E-state index >= 15 is 0 Å². The number of nitrogens with zero attached hydrogens (tertiary/aromatic N) is 1. The number of aliphatic hydroxyl groups excluding tert-OH is 1. The number of anilines is 1. The van der Waals surface area contributed by atoms with Crippen LogP contribution >= 0.6 is 11.3 Å². The second-order valence-electron chi connectivity index (χ2n) is 5.01. The molecule has 110 valence electrons. The minimum Gasteiger partial charge on any atom is -0.478 e. The molecule has 0 aromatic carbocycles. The van der Waals surface area contributed by atoms with E-state index in [2.05, 4.69) is 5.32 Å². The van der Waals surface area contributed by atoms with Crippen LogP contribution in [0.15, 0.2) is 0 Å². The summed E-state index contributed by atoms with van der Waals surface area (Å²) in [4.78, 5) is 25.9. The van der Waals surface area contributed by atoms with E-state index in [1.165, 1.54) is 11.3 Å². The first kappa shape index (κ1) is 14.8. The maximum absolute atomic E-state index is 12.1. The Bertz CT molecular complexity index is 541. The molecule has 2 rings (SSSR count). The Balaban J connectivity index is 2.12. The standard InChI is InChI=1S/C13H18N2O4S/c1-7-8(2)20-11(10(7)12(17)18)14-13(19)15-4-3-9(5-15)6-16/h9,16H,3-6H2,1-2H3,(H,14,19)(H,17,18). The summed E-state index contributed by atoms with van der Waals surface area (Å²) in [5.74, 6) is -0.914. The molecule has 2 heterocycles. The van der Waals surface area contributed by atoms with Gasteiger partial charge in [-0.1, -0.05) is 0 Å². The summed E-state index contributed by atoms with van der Waals surface area (Å²) in [6.07, 6.45) is 0.776. The molecule has 1 aromatic rings. The molecule has 2 amide bonds. The number of amides is 2. The van der Waals surface area contributed by atoms with Gasteiger partial charge in [-0.05, 0) is 25.8 Å². The fourth-order valence-corrected chi connectivity index (χ4v) is 3.36. The number of carboxylic acid groups (broad SMARTS) is 1. The van der Waals surface area contributed by atoms with E-state index in [9.17, 15) is 14.7 Å². The van der Waals surface area contributed by atoms with Crippen LogP contribution in [0.1, 0.15) is 27.2 Å². The van der Waals surface area contributed by atoms with Gasteiger partial charge in [0.2, 0.25) is 0 Å². The molecule has 0 saturated carbocycles. The average molecular weight is 298 g/mol. The van der Waals surface area contributed by atoms with Gasteiger partial charge in [0.1, 0.15) is 5.00 Å². The second-order valence-corrected chi connectivity index (χ2v) is 6.23. The lowest BCUT2D eigenvalue weighted by molar-refractivity contribution is 0.0697. The number of carboxylic acids is 1. The van der Waals surface area contributed by atoms with E-state index in [-0.39, 0.29) is 24.1 Å². The third-order valence-electron chi connectivity index (χ3n) is 3.65. The number of carbonyl (C=O) groups excluding carboxylic acids is 1. The highest BCUT2D eigenvalue weighted by Gasteiger charge is 2.27. The fourth-order valence-electron chi connectivity index (χ4n) is 2.31. The molecule has 0 radical (unpaired) electrons. The zero-order chi connectivity index (χ0) is 14.9. The molecule has 1 saturated heterocycles. The molecular weight excluding hydrogens is 280 g/mol. The topological polar surface area (TPSA) is 89.9 Å². The summed E-state index contributed by atoms with van der Waals surface area (Å²) in [5, 5.41) is 21.4. The molecule has 0 bridgehead atoms. The monoisotopic (exact) mass is 298 g/mol. The molecule has 1 aliphatic heterocycles. The minimum atomic E-state index is -1.03. The van der Waals surface area contributed by atoms with Crippen LogP contribution in [0.3, 0.4) is 0 Å². The van der Waals surface area contributed by atoms with Crippen LogP contribution in [0.2, 0.25) is 0 Å². The van der Waals surface area contributed by atoms with Crippen molar-refractivity contribution in [2.75, 3.05) is 25.0 Å². The minimum absolute atomic E-state index is 0.0708. The highest BCUT2D eigenvalue weighted by Crippen LogP contribution is 2.32. The van der Waals surface area contributed by atoms with E-state index < -0.39 is 5.97 Å². The lowest BCUT2D eigenvalue weighted by Crippen LogP contribution is -2.33. The van der Waals surface area contributed by atoms with Gasteiger partial charge < -0.3 is 15.1 Å². The lowest BCUT2D eigenvalue weighted by Gasteiger charge is -2.16. The molecule has 0 spiro atoms. The number of likely N-dealkylation sites (tertiary alicyclic amines) is 1. The molecule has 20 heavy (non-hydrogen) atoms. The van der Waals surface area contributed by atoms with E-state index in [1.807, 2.05) is 6.92 Å². The van der Waals surface area contributed by atoms with Crippen molar-refractivity contribution in [1.82, 2.24) is 4.90 Å². The van der Waals surface area contributed by atoms with Gasteiger partial charge in [-0.3, -0.25) is 5.32 Å². The number of hydrogen-bond donors (Lipinski definition) is 3. The highest BCUT2D eigenvalue weighted by molar-refractivity contribution is 7.16. The Labute approximate surface area is 121 Å². The third kappa shape index (κ3) is 2.78. The summed E-state index contributed by atoms with van der Waals surface area (Å²) in [6, 6.07) is -0.301. The number of aryl methyl sites for hydroxylation is 1. The van der Waals surface area contributed by atoms with E-state index in [1.54, 1.807) is 11.8 Å². The normalized spacial score (nSPS) is 18.4. The van der Waals surface area contributed by atoms with Crippen molar-refractivity contribution >= 4 is 28.3 Å². The largest absolute Gasteiger partial charge is 0.478 e. The first-order valence-electron chi connectivity index (χ1n) is 6.44. The smallest absolute Gasteiger partial charge is 0.338 e. The molecule has 7 heteroatoms. The summed E-state index contributed by atoms with van der Waals surface area (Å²) >= 11 is 1.27. The van der Waals surface area contributed by atoms with Crippen LogP contribution in [0.5, 0.6) is 0 Å². The summed E-state index contributed by atoms with van der Waals surface area (Å²) in [6.45, 7) is 4.74. The Morgan fingerprint density at radius 3 is 2.70 bits per heavy atom. The van der Waals surface area contributed by atoms with Crippen molar-refractivity contribution in [2.45, 2.75) is 20.3 Å². The average Bonchev–Trinajstić information content (AvgIpc) is 2.95. The quantitative estimate of drug-likeness (QED) is 0.795. The molecule has 1 fully saturated rings. The van der Waals surface area contributed by atoms with Crippen LogP contribution in [0.25, 0.3) is 0 Å². The Hall–Kier alpha value is -1.60. The van der Waals surface area contributed by atoms with Crippen molar-refractivity contribution in [1.29, 1.82) is 0 Å². The van der Waals surface area contributed by atoms with E-state index in [0.29, 0.717) is 23.7 Å². The van der Waals surface area contributed by atoms with Gasteiger partial charge in [0.25, 0.3) is 0 Å². The molecule has 1 atom stereocenters. The van der Waals surface area contributed by atoms with Crippen LogP contribution in [0, 0.1) is 19.8 Å². The van der Waals surface area contributed by atoms with Gasteiger partial charge in [0.05, 0.1) is 5.56 Å². The van der Waals surface area contributed by atoms with Crippen LogP contribution < -0.4 is 5.32 Å². The molecule has 0 aliphatic carbocycles. The summed E-state index contributed by atoms with van der Waals surface area (Å²) in [7, 11) is 0. The number of carbonyl (C=O) groups is 2. The number of urea groups is 1. The SMILES string of the molecule is Cc1sc(NC(=O)N2CCC(CO)C2)c(C(=O)O)c1C. The van der Waals surface area contributed by atoms with Crippen molar-refractivity contribution in [3.05, 3.63) is 16.0 Å². The van der Waals surface area contributed by atoms with Gasteiger partial charge >= 0.3 is 12.0 Å². The van der Waals surface area contributed by atoms with Crippen molar-refractivity contribution in [3.63, 3.8) is 0 Å². The van der Waals surface area contributed by atoms with Gasteiger partial charge in [-0.15, -0.1) is 11.3 Å². The zero-order valence-electron chi connectivity index (χ0n) is 11.5. The molecule has 1 unspecified atom stereocenters. The second kappa shape index (κ2) is 5.80. The molecule has 1 aromatic heterocycles. The Morgan fingerprint density at radius 1 is 1.45 bits per heavy atom. The van der Waals surface area contributed by atoms with E-state index in [0.717, 1.165) is 11.3 Å². The Kier molecular flexibility index (Phi) is 4.29. The molecule has 3 N–H and O–H groups in total. The van der Waals surface area contributed by atoms with Crippen LogP contribution in [-0.2, 0) is 0 Å². The Morgan fingerprint density at radius 2 is 2.15 bits per heavy atom. The zero-order valence-corrected chi connectivity index (χ0v) is 12.3. The number of aromatic carboxylic acids is 1. The van der Waals surface area contributed by atoms with Crippen molar-refractivity contribution < 1.29 is 19.8 Å². The molecule has 1 aliphatic rings. The first-order valence-corrected chi connectivity index (χ1v) is 7.25. The van der Waals surface area contributed by atoms with Gasteiger partial charge in [-0.2, -0.15) is 0 Å². The number of aliphatic hydroxyl groups is 1. The maximum Gasteiger partial charge on any atom is 0.338 e. The summed E-state index contributed by atoms with van der Waals surface area (Å²) < 4.78 is 0. The predicted octanol–water partition coefficient (Wildman–Crippen LogP) is 1.91. The fraction of sp³-hybridized carbons (Fsp3) is 0.538. The highest BCUT2D eigenvalue weighted by atomic mass is 32.1. The van der Waals surface area contributed by atoms with Gasteiger partial charge in [0, 0.05) is 30.5 Å². The van der Waals surface area contributed by atoms with Crippen LogP contribution in [-0.4, -0.2) is 46.8 Å². The predicted molar refractivity (Wildman–Crippen MR) is 76.5 cm³/mol. The van der Waals surface area contributed by atoms with E-state index in [4.69, 9.17) is 5.11 Å². The van der Waals surface area contributed by atoms with Gasteiger partial charge in [0.15, 0.2) is 0 Å². The lowest BCUT2D eigenvalue weighted by atomic mass is 10.1. The van der Waals surface area contributed by atoms with Crippen molar-refractivity contribution in [3.8, 4) is 0 Å². The third-order valence-corrected chi connectivity index (χ3v) is 4.77. The number of rotatable bonds is 3. The van der Waals surface area contributed by atoms with Gasteiger partial charge in [-0.25, -0.2) is 9.59 Å². The van der Waals surface area contributed by atoms with Crippen LogP contribution in [0.4, 0.5) is 9.80 Å². The summed E-state index contributed by atoms with van der Waals surface area (Å²) in [5.41, 5.74) is 0.853. The number of hydrogen-bond acceptors (Lipinski definition) is 4. The molecular formula is C13H18N2O4S. The maximum atomic E-state index is 12.1. The first-order chi connectivity index (χ1) is 9.43. The number of thiophene rings is 1. The number of nitrogens with one attached hydrogen (secondary N) is 1. The van der Waals surface area contributed by atoms with Crippen molar-refractivity contribution in [2.24, 2.45) is 5.92 Å².